The molecule has 23 heavy (non-hydrogen) atoms. The van der Waals surface area contributed by atoms with E-state index in [4.69, 9.17) is 4.74 Å². The highest BCUT2D eigenvalue weighted by atomic mass is 16.5. The topological polar surface area (TPSA) is 46.5 Å². The summed E-state index contributed by atoms with van der Waals surface area (Å²) in [4.78, 5) is 11.6. The van der Waals surface area contributed by atoms with E-state index in [1.807, 2.05) is 6.92 Å². The SMILES string of the molecule is C=CC(=O)OC(C)C(CO)C(C)(C)C1CC2CCC1(C)C2(C)C. The Kier molecular flexibility index (Phi) is 4.76. The molecule has 2 bridgehead atoms. The van der Waals surface area contributed by atoms with Gasteiger partial charge < -0.3 is 9.84 Å². The molecule has 132 valence electrons. The third kappa shape index (κ3) is 2.65. The molecule has 2 aliphatic carbocycles. The molecule has 3 heteroatoms. The molecule has 5 unspecified atom stereocenters. The zero-order chi connectivity index (χ0) is 17.6. The van der Waals surface area contributed by atoms with E-state index in [-0.39, 0.29) is 29.5 Å². The summed E-state index contributed by atoms with van der Waals surface area (Å²) in [5.74, 6) is 0.822. The number of carbonyl (C=O) groups excluding carboxylic acids is 1. The largest absolute Gasteiger partial charge is 0.459 e. The third-order valence-electron chi connectivity index (χ3n) is 7.88. The van der Waals surface area contributed by atoms with Gasteiger partial charge in [-0.3, -0.25) is 0 Å². The minimum atomic E-state index is -0.411. The Balaban J connectivity index is 2.26. The number of hydrogen-bond acceptors (Lipinski definition) is 3. The number of rotatable bonds is 6. The molecule has 2 saturated carbocycles. The highest BCUT2D eigenvalue weighted by Gasteiger charge is 2.65. The predicted octanol–water partition coefficient (Wildman–Crippen LogP) is 4.20. The Bertz CT molecular complexity index is 479. The van der Waals surface area contributed by atoms with Crippen LogP contribution in [0.15, 0.2) is 12.7 Å². The fourth-order valence-electron chi connectivity index (χ4n) is 5.89. The van der Waals surface area contributed by atoms with Crippen LogP contribution in [0, 0.1) is 34.0 Å². The van der Waals surface area contributed by atoms with Crippen LogP contribution >= 0.6 is 0 Å². The second-order valence-electron chi connectivity index (χ2n) is 9.12. The van der Waals surface area contributed by atoms with Gasteiger partial charge in [0.05, 0.1) is 0 Å². The quantitative estimate of drug-likeness (QED) is 0.589. The zero-order valence-corrected chi connectivity index (χ0v) is 15.7. The zero-order valence-electron chi connectivity index (χ0n) is 15.7. The molecule has 1 N–H and O–H groups in total. The van der Waals surface area contributed by atoms with Crippen LogP contribution in [0.2, 0.25) is 0 Å². The van der Waals surface area contributed by atoms with E-state index in [0.29, 0.717) is 11.3 Å². The summed E-state index contributed by atoms with van der Waals surface area (Å²) < 4.78 is 5.45. The van der Waals surface area contributed by atoms with Crippen molar-refractivity contribution in [3.63, 3.8) is 0 Å². The highest BCUT2D eigenvalue weighted by molar-refractivity contribution is 5.81. The number of aliphatic hydroxyl groups excluding tert-OH is 1. The molecule has 5 atom stereocenters. The van der Waals surface area contributed by atoms with Crippen molar-refractivity contribution in [2.75, 3.05) is 6.61 Å². The van der Waals surface area contributed by atoms with Crippen LogP contribution in [0.1, 0.15) is 60.8 Å². The second-order valence-corrected chi connectivity index (χ2v) is 9.12. The van der Waals surface area contributed by atoms with Crippen molar-refractivity contribution in [3.8, 4) is 0 Å². The van der Waals surface area contributed by atoms with Gasteiger partial charge in [0.25, 0.3) is 0 Å². The van der Waals surface area contributed by atoms with Crippen molar-refractivity contribution >= 4 is 5.97 Å². The van der Waals surface area contributed by atoms with Crippen LogP contribution in [-0.4, -0.2) is 23.8 Å². The van der Waals surface area contributed by atoms with E-state index in [1.54, 1.807) is 0 Å². The van der Waals surface area contributed by atoms with E-state index in [1.165, 1.54) is 25.3 Å². The van der Waals surface area contributed by atoms with Crippen molar-refractivity contribution in [2.24, 2.45) is 34.0 Å². The minimum absolute atomic E-state index is 0.0380. The lowest BCUT2D eigenvalue weighted by molar-refractivity contribution is -0.151. The maximum absolute atomic E-state index is 11.6. The predicted molar refractivity (Wildman–Crippen MR) is 92.8 cm³/mol. The number of aliphatic hydroxyl groups is 1. The Morgan fingerprint density at radius 1 is 1.43 bits per heavy atom. The lowest BCUT2D eigenvalue weighted by atomic mass is 9.55. The molecule has 0 amide bonds. The van der Waals surface area contributed by atoms with Crippen molar-refractivity contribution in [3.05, 3.63) is 12.7 Å². The lowest BCUT2D eigenvalue weighted by Gasteiger charge is -2.50. The summed E-state index contributed by atoms with van der Waals surface area (Å²) in [6.45, 7) is 17.1. The molecular formula is C20H34O3. The summed E-state index contributed by atoms with van der Waals surface area (Å²) in [6, 6.07) is 0. The second kappa shape index (κ2) is 5.91. The van der Waals surface area contributed by atoms with Crippen LogP contribution in [-0.2, 0) is 9.53 Å². The van der Waals surface area contributed by atoms with Crippen molar-refractivity contribution < 1.29 is 14.6 Å². The molecule has 0 heterocycles. The number of ether oxygens (including phenoxy) is 1. The first-order valence-corrected chi connectivity index (χ1v) is 8.96. The monoisotopic (exact) mass is 322 g/mol. The van der Waals surface area contributed by atoms with Gasteiger partial charge in [-0.25, -0.2) is 4.79 Å². The van der Waals surface area contributed by atoms with Crippen molar-refractivity contribution in [2.45, 2.75) is 66.9 Å². The Labute approximate surface area is 141 Å². The number of fused-ring (bicyclic) bond motifs is 2. The van der Waals surface area contributed by atoms with Crippen LogP contribution in [0.3, 0.4) is 0 Å². The van der Waals surface area contributed by atoms with Crippen LogP contribution in [0.4, 0.5) is 0 Å². The molecule has 0 aromatic heterocycles. The molecule has 0 radical (unpaired) electrons. The summed E-state index contributed by atoms with van der Waals surface area (Å²) in [7, 11) is 0. The Morgan fingerprint density at radius 3 is 2.43 bits per heavy atom. The van der Waals surface area contributed by atoms with Gasteiger partial charge in [0.1, 0.15) is 6.10 Å². The smallest absolute Gasteiger partial charge is 0.330 e. The molecule has 2 fully saturated rings. The van der Waals surface area contributed by atoms with Crippen LogP contribution < -0.4 is 0 Å². The van der Waals surface area contributed by atoms with Crippen molar-refractivity contribution in [1.29, 1.82) is 0 Å². The van der Waals surface area contributed by atoms with Gasteiger partial charge in [-0.15, -0.1) is 0 Å². The average Bonchev–Trinajstić information content (AvgIpc) is 2.80. The maximum atomic E-state index is 11.6. The maximum Gasteiger partial charge on any atom is 0.330 e. The van der Waals surface area contributed by atoms with Gasteiger partial charge in [0.15, 0.2) is 0 Å². The number of esters is 1. The summed E-state index contributed by atoms with van der Waals surface area (Å²) in [5, 5.41) is 10.0. The van der Waals surface area contributed by atoms with Gasteiger partial charge in [0.2, 0.25) is 0 Å². The number of hydrogen-bond donors (Lipinski definition) is 1. The average molecular weight is 322 g/mol. The molecule has 3 nitrogen and oxygen atoms in total. The van der Waals surface area contributed by atoms with E-state index in [2.05, 4.69) is 41.2 Å². The van der Waals surface area contributed by atoms with Gasteiger partial charge in [-0.1, -0.05) is 41.2 Å². The van der Waals surface area contributed by atoms with Gasteiger partial charge in [-0.2, -0.15) is 0 Å². The molecule has 2 rings (SSSR count). The molecule has 0 spiro atoms. The first kappa shape index (κ1) is 18.5. The normalized spacial score (nSPS) is 34.9. The summed E-state index contributed by atoms with van der Waals surface area (Å²) >= 11 is 0. The third-order valence-corrected chi connectivity index (χ3v) is 7.88. The van der Waals surface area contributed by atoms with Gasteiger partial charge in [-0.05, 0) is 54.3 Å². The van der Waals surface area contributed by atoms with E-state index < -0.39 is 5.97 Å². The van der Waals surface area contributed by atoms with Crippen LogP contribution in [0.25, 0.3) is 0 Å². The molecule has 0 aromatic carbocycles. The molecule has 0 aromatic rings. The number of carbonyl (C=O) groups is 1. The first-order chi connectivity index (χ1) is 10.5. The van der Waals surface area contributed by atoms with E-state index in [9.17, 15) is 9.90 Å². The van der Waals surface area contributed by atoms with E-state index >= 15 is 0 Å². The minimum Gasteiger partial charge on any atom is -0.459 e. The standard InChI is InChI=1S/C20H34O3/c1-8-17(22)23-13(2)15(12-21)18(3,4)16-11-14-9-10-20(16,7)19(14,5)6/h8,13-16,21H,1,9-12H2,2-7H3. The van der Waals surface area contributed by atoms with Gasteiger partial charge in [0, 0.05) is 18.6 Å². The molecule has 0 saturated heterocycles. The fourth-order valence-corrected chi connectivity index (χ4v) is 5.89. The first-order valence-electron chi connectivity index (χ1n) is 8.96. The fraction of sp³-hybridized carbons (Fsp3) is 0.850. The van der Waals surface area contributed by atoms with Crippen LogP contribution in [0.5, 0.6) is 0 Å². The highest BCUT2D eigenvalue weighted by Crippen LogP contribution is 2.72. The Hall–Kier alpha value is -0.830. The summed E-state index contributed by atoms with van der Waals surface area (Å²) in [5.41, 5.74) is 0.545. The molecule has 2 aliphatic rings. The molecular weight excluding hydrogens is 288 g/mol. The molecule has 0 aliphatic heterocycles. The summed E-state index contributed by atoms with van der Waals surface area (Å²) in [6.07, 6.45) is 4.68. The van der Waals surface area contributed by atoms with E-state index in [0.717, 1.165) is 5.92 Å². The van der Waals surface area contributed by atoms with Crippen molar-refractivity contribution in [1.82, 2.24) is 0 Å². The van der Waals surface area contributed by atoms with Gasteiger partial charge >= 0.3 is 5.97 Å². The lowest BCUT2D eigenvalue weighted by Crippen LogP contribution is -2.48. The Morgan fingerprint density at radius 2 is 2.04 bits per heavy atom.